The van der Waals surface area contributed by atoms with Gasteiger partial charge in [-0.05, 0) is 31.0 Å². The Hall–Kier alpha value is -2.33. The van der Waals surface area contributed by atoms with Crippen LogP contribution in [0, 0.1) is 0 Å². The molecule has 0 aliphatic carbocycles. The van der Waals surface area contributed by atoms with Crippen LogP contribution in [-0.2, 0) is 24.3 Å². The summed E-state index contributed by atoms with van der Waals surface area (Å²) in [7, 11) is -0.511. The molecular weight excluding hydrogens is 362 g/mol. The molecule has 1 heterocycles. The fraction of sp³-hybridized carbons (Fsp3) is 0.500. The number of benzene rings is 1. The number of hydrogen-bond donors (Lipinski definition) is 2. The van der Waals surface area contributed by atoms with Gasteiger partial charge >= 0.3 is 11.8 Å². The molecule has 0 aromatic heterocycles. The molecule has 2 rings (SSSR count). The van der Waals surface area contributed by atoms with E-state index in [2.05, 4.69) is 10.6 Å². The molecule has 144 valence electrons. The van der Waals surface area contributed by atoms with Crippen LogP contribution in [0.2, 0.25) is 0 Å². The number of amides is 2. The highest BCUT2D eigenvalue weighted by molar-refractivity contribution is 7.92. The minimum atomic E-state index is -3.44. The highest BCUT2D eigenvalue weighted by Gasteiger charge is 2.28. The first-order valence-corrected chi connectivity index (χ1v) is 9.76. The second-order valence-corrected chi connectivity index (χ2v) is 7.70. The van der Waals surface area contributed by atoms with Gasteiger partial charge in [-0.15, -0.1) is 0 Å². The minimum absolute atomic E-state index is 0.0641. The van der Waals surface area contributed by atoms with E-state index < -0.39 is 21.8 Å². The molecule has 0 atom stereocenters. The Morgan fingerprint density at radius 1 is 1.19 bits per heavy atom. The zero-order valence-electron chi connectivity index (χ0n) is 14.8. The summed E-state index contributed by atoms with van der Waals surface area (Å²) in [4.78, 5) is 23.7. The normalized spacial score (nSPS) is 16.0. The summed E-state index contributed by atoms with van der Waals surface area (Å²) in [6, 6.07) is 4.58. The van der Waals surface area contributed by atoms with Gasteiger partial charge in [0.2, 0.25) is 10.0 Å². The predicted molar refractivity (Wildman–Crippen MR) is 96.9 cm³/mol. The molecular formula is C16H23N3O6S. The molecule has 0 radical (unpaired) electrons. The van der Waals surface area contributed by atoms with Crippen LogP contribution >= 0.6 is 0 Å². The lowest BCUT2D eigenvalue weighted by Gasteiger charge is -2.29. The standard InChI is InChI=1S/C16H23N3O6S/c1-24-9-7-17-15(20)16(21)18-12-5-6-14(25-2)13(11-12)19-8-3-4-10-26(19,22)23/h5-6,11H,3-4,7-10H2,1-2H3,(H,17,20)(H,18,21). The van der Waals surface area contributed by atoms with Crippen LogP contribution in [-0.4, -0.2) is 59.9 Å². The average Bonchev–Trinajstić information content (AvgIpc) is 2.61. The fourth-order valence-corrected chi connectivity index (χ4v) is 4.20. The Bertz CT molecular complexity index is 765. The van der Waals surface area contributed by atoms with E-state index in [1.165, 1.54) is 24.6 Å². The molecule has 1 aliphatic heterocycles. The van der Waals surface area contributed by atoms with Gasteiger partial charge in [0.1, 0.15) is 5.75 Å². The molecule has 0 saturated carbocycles. The number of anilines is 2. The van der Waals surface area contributed by atoms with E-state index >= 15 is 0 Å². The molecule has 2 amide bonds. The zero-order valence-corrected chi connectivity index (χ0v) is 15.6. The maximum atomic E-state index is 12.3. The quantitative estimate of drug-likeness (QED) is 0.539. The molecule has 0 spiro atoms. The van der Waals surface area contributed by atoms with Crippen LogP contribution in [0.3, 0.4) is 0 Å². The summed E-state index contributed by atoms with van der Waals surface area (Å²) in [6.45, 7) is 0.842. The van der Waals surface area contributed by atoms with E-state index in [0.29, 0.717) is 36.7 Å². The molecule has 1 aromatic rings. The van der Waals surface area contributed by atoms with E-state index in [9.17, 15) is 18.0 Å². The van der Waals surface area contributed by atoms with Crippen LogP contribution in [0.1, 0.15) is 12.8 Å². The number of carbonyl (C=O) groups is 2. The summed E-state index contributed by atoms with van der Waals surface area (Å²) in [5, 5.41) is 4.87. The summed E-state index contributed by atoms with van der Waals surface area (Å²) in [6.07, 6.45) is 1.35. The lowest BCUT2D eigenvalue weighted by molar-refractivity contribution is -0.136. The van der Waals surface area contributed by atoms with Gasteiger partial charge in [-0.3, -0.25) is 13.9 Å². The summed E-state index contributed by atoms with van der Waals surface area (Å²) < 4.78 is 36.0. The summed E-state index contributed by atoms with van der Waals surface area (Å²) >= 11 is 0. The van der Waals surface area contributed by atoms with Gasteiger partial charge in [0.25, 0.3) is 0 Å². The molecule has 1 saturated heterocycles. The van der Waals surface area contributed by atoms with Crippen LogP contribution in [0.5, 0.6) is 5.75 Å². The zero-order chi connectivity index (χ0) is 19.2. The number of rotatable bonds is 6. The van der Waals surface area contributed by atoms with E-state index in [1.54, 1.807) is 12.1 Å². The van der Waals surface area contributed by atoms with Gasteiger partial charge in [-0.2, -0.15) is 0 Å². The van der Waals surface area contributed by atoms with Gasteiger partial charge in [0.05, 0.1) is 25.2 Å². The summed E-state index contributed by atoms with van der Waals surface area (Å²) in [5.74, 6) is -1.21. The lowest BCUT2D eigenvalue weighted by atomic mass is 10.2. The number of nitrogens with zero attached hydrogens (tertiary/aromatic N) is 1. The Labute approximate surface area is 152 Å². The number of carbonyl (C=O) groups excluding carboxylic acids is 2. The van der Waals surface area contributed by atoms with Crippen molar-refractivity contribution in [3.8, 4) is 5.75 Å². The number of nitrogens with one attached hydrogen (secondary N) is 2. The van der Waals surface area contributed by atoms with Crippen molar-refractivity contribution in [3.05, 3.63) is 18.2 Å². The van der Waals surface area contributed by atoms with Gasteiger partial charge in [-0.1, -0.05) is 0 Å². The predicted octanol–water partition coefficient (Wildman–Crippen LogP) is 0.326. The third-order valence-corrected chi connectivity index (χ3v) is 5.71. The van der Waals surface area contributed by atoms with Crippen LogP contribution in [0.4, 0.5) is 11.4 Å². The molecule has 9 nitrogen and oxygen atoms in total. The molecule has 10 heteroatoms. The smallest absolute Gasteiger partial charge is 0.313 e. The SMILES string of the molecule is COCCNC(=O)C(=O)Nc1ccc(OC)c(N2CCCCS2(=O)=O)c1. The molecule has 2 N–H and O–H groups in total. The molecule has 26 heavy (non-hydrogen) atoms. The van der Waals surface area contributed by atoms with Crippen molar-refractivity contribution in [3.63, 3.8) is 0 Å². The van der Waals surface area contributed by atoms with Crippen molar-refractivity contribution in [1.29, 1.82) is 0 Å². The fourth-order valence-electron chi connectivity index (χ4n) is 2.56. The number of methoxy groups -OCH3 is 2. The maximum absolute atomic E-state index is 12.3. The largest absolute Gasteiger partial charge is 0.495 e. The van der Waals surface area contributed by atoms with Gasteiger partial charge in [-0.25, -0.2) is 8.42 Å². The van der Waals surface area contributed by atoms with E-state index in [4.69, 9.17) is 9.47 Å². The first-order chi connectivity index (χ1) is 12.4. The minimum Gasteiger partial charge on any atom is -0.495 e. The van der Waals surface area contributed by atoms with Gasteiger partial charge in [0, 0.05) is 25.9 Å². The first kappa shape index (κ1) is 20.0. The Kier molecular flexibility index (Phi) is 6.81. The molecule has 1 fully saturated rings. The Morgan fingerprint density at radius 3 is 2.62 bits per heavy atom. The summed E-state index contributed by atoms with van der Waals surface area (Å²) in [5.41, 5.74) is 0.637. The highest BCUT2D eigenvalue weighted by Crippen LogP contribution is 2.35. The molecule has 1 aliphatic rings. The molecule has 1 aromatic carbocycles. The maximum Gasteiger partial charge on any atom is 0.313 e. The average molecular weight is 385 g/mol. The van der Waals surface area contributed by atoms with E-state index in [1.807, 2.05) is 0 Å². The highest BCUT2D eigenvalue weighted by atomic mass is 32.2. The van der Waals surface area contributed by atoms with Gasteiger partial charge < -0.3 is 20.1 Å². The second kappa shape index (κ2) is 8.86. The molecule has 0 bridgehead atoms. The van der Waals surface area contributed by atoms with E-state index in [-0.39, 0.29) is 12.3 Å². The topological polar surface area (TPSA) is 114 Å². The van der Waals surface area contributed by atoms with Crippen molar-refractivity contribution in [1.82, 2.24) is 5.32 Å². The second-order valence-electron chi connectivity index (χ2n) is 5.68. The van der Waals surface area contributed by atoms with Crippen LogP contribution in [0.15, 0.2) is 18.2 Å². The first-order valence-electron chi connectivity index (χ1n) is 8.15. The number of ether oxygens (including phenoxy) is 2. The van der Waals surface area contributed by atoms with Crippen LogP contribution < -0.4 is 19.7 Å². The van der Waals surface area contributed by atoms with Gasteiger partial charge in [0.15, 0.2) is 0 Å². The Balaban J connectivity index is 2.18. The number of hydrogen-bond acceptors (Lipinski definition) is 6. The molecule has 0 unspecified atom stereocenters. The lowest BCUT2D eigenvalue weighted by Crippen LogP contribution is -2.38. The van der Waals surface area contributed by atoms with E-state index in [0.717, 1.165) is 6.42 Å². The van der Waals surface area contributed by atoms with Crippen LogP contribution in [0.25, 0.3) is 0 Å². The van der Waals surface area contributed by atoms with Crippen molar-refractivity contribution >= 4 is 33.2 Å². The van der Waals surface area contributed by atoms with Crippen molar-refractivity contribution in [2.24, 2.45) is 0 Å². The van der Waals surface area contributed by atoms with Crippen molar-refractivity contribution < 1.29 is 27.5 Å². The Morgan fingerprint density at radius 2 is 1.96 bits per heavy atom. The third kappa shape index (κ3) is 4.85. The van der Waals surface area contributed by atoms with Crippen molar-refractivity contribution in [2.45, 2.75) is 12.8 Å². The number of sulfonamides is 1. The third-order valence-electron chi connectivity index (χ3n) is 3.85. The monoisotopic (exact) mass is 385 g/mol. The van der Waals surface area contributed by atoms with Crippen molar-refractivity contribution in [2.75, 3.05) is 49.3 Å².